The summed E-state index contributed by atoms with van der Waals surface area (Å²) in [4.78, 5) is 51.9. The molecule has 0 aromatic heterocycles. The number of esters is 1. The maximum absolute atomic E-state index is 13.1. The molecule has 2 aliphatic carbocycles. The summed E-state index contributed by atoms with van der Waals surface area (Å²) in [7, 11) is 0. The number of carbonyl (C=O) groups excluding carboxylic acids is 4. The van der Waals surface area contributed by atoms with Crippen LogP contribution in [0.1, 0.15) is 42.2 Å². The van der Waals surface area contributed by atoms with Crippen LogP contribution >= 0.6 is 0 Å². The minimum Gasteiger partial charge on any atom is -0.452 e. The number of carbonyl (C=O) groups is 4. The monoisotopic (exact) mass is 458 g/mol. The Labute approximate surface area is 197 Å². The maximum atomic E-state index is 13.1. The lowest BCUT2D eigenvalue weighted by atomic mass is 9.82. The molecule has 1 heterocycles. The summed E-state index contributed by atoms with van der Waals surface area (Å²) in [5, 5.41) is 2.79. The van der Waals surface area contributed by atoms with Gasteiger partial charge in [-0.25, -0.2) is 4.79 Å². The molecule has 1 aliphatic heterocycles. The molecule has 174 valence electrons. The van der Waals surface area contributed by atoms with Crippen molar-refractivity contribution in [2.24, 2.45) is 23.7 Å². The van der Waals surface area contributed by atoms with Crippen molar-refractivity contribution in [3.63, 3.8) is 0 Å². The third-order valence-electron chi connectivity index (χ3n) is 7.25. The third-order valence-corrected chi connectivity index (χ3v) is 7.25. The molecule has 0 unspecified atom stereocenters. The SMILES string of the molecule is CC1=C[C@H]2C[C@H]1[C@@H]1C(=O)N(c3ccc(C(=O)OCC(=O)N[C@H](C)c4ccccc4)cc3)C(=O)[C@H]12. The number of ether oxygens (including phenoxy) is 1. The predicted molar refractivity (Wildman–Crippen MR) is 125 cm³/mol. The normalized spacial score (nSPS) is 25.7. The average molecular weight is 459 g/mol. The number of nitrogens with zero attached hydrogens (tertiary/aromatic N) is 1. The van der Waals surface area contributed by atoms with Gasteiger partial charge in [0.05, 0.1) is 29.1 Å². The summed E-state index contributed by atoms with van der Waals surface area (Å²) in [6.45, 7) is 3.48. The van der Waals surface area contributed by atoms with E-state index in [1.807, 2.05) is 44.2 Å². The summed E-state index contributed by atoms with van der Waals surface area (Å²) in [6, 6.07) is 15.4. The van der Waals surface area contributed by atoms with E-state index in [0.717, 1.165) is 12.0 Å². The Balaban J connectivity index is 1.19. The largest absolute Gasteiger partial charge is 0.452 e. The van der Waals surface area contributed by atoms with Crippen LogP contribution in [0.5, 0.6) is 0 Å². The summed E-state index contributed by atoms with van der Waals surface area (Å²) >= 11 is 0. The first-order chi connectivity index (χ1) is 16.3. The number of allylic oxidation sites excluding steroid dienone is 2. The number of imide groups is 1. The Morgan fingerprint density at radius 2 is 1.71 bits per heavy atom. The number of hydrogen-bond acceptors (Lipinski definition) is 5. The lowest BCUT2D eigenvalue weighted by Gasteiger charge is -2.19. The first kappa shape index (κ1) is 22.1. The van der Waals surface area contributed by atoms with E-state index in [1.165, 1.54) is 22.6 Å². The van der Waals surface area contributed by atoms with Crippen LogP contribution in [0.25, 0.3) is 0 Å². The highest BCUT2D eigenvalue weighted by molar-refractivity contribution is 6.23. The lowest BCUT2D eigenvalue weighted by Crippen LogP contribution is -2.33. The average Bonchev–Trinajstić information content (AvgIpc) is 3.48. The van der Waals surface area contributed by atoms with Gasteiger partial charge in [0.1, 0.15) is 0 Å². The van der Waals surface area contributed by atoms with E-state index in [1.54, 1.807) is 12.1 Å². The van der Waals surface area contributed by atoms with E-state index in [0.29, 0.717) is 5.69 Å². The zero-order valence-electron chi connectivity index (χ0n) is 19.1. The van der Waals surface area contributed by atoms with Crippen LogP contribution in [-0.4, -0.2) is 30.3 Å². The van der Waals surface area contributed by atoms with Crippen LogP contribution in [0, 0.1) is 23.7 Å². The summed E-state index contributed by atoms with van der Waals surface area (Å²) in [5.74, 6) is -1.63. The minimum absolute atomic E-state index is 0.140. The highest BCUT2D eigenvalue weighted by Crippen LogP contribution is 2.55. The molecule has 1 saturated carbocycles. The van der Waals surface area contributed by atoms with E-state index in [4.69, 9.17) is 4.74 Å². The molecule has 0 spiro atoms. The highest BCUT2D eigenvalue weighted by atomic mass is 16.5. The number of amides is 3. The molecule has 2 fully saturated rings. The minimum atomic E-state index is -0.650. The van der Waals surface area contributed by atoms with Crippen LogP contribution in [0.3, 0.4) is 0 Å². The van der Waals surface area contributed by atoms with Crippen molar-refractivity contribution >= 4 is 29.4 Å². The smallest absolute Gasteiger partial charge is 0.338 e. The Kier molecular flexibility index (Phi) is 5.55. The molecule has 7 nitrogen and oxygen atoms in total. The molecule has 2 aromatic rings. The Bertz CT molecular complexity index is 1190. The van der Waals surface area contributed by atoms with Crippen molar-refractivity contribution in [3.8, 4) is 0 Å². The van der Waals surface area contributed by atoms with E-state index >= 15 is 0 Å². The number of rotatable bonds is 6. The fourth-order valence-electron chi connectivity index (χ4n) is 5.60. The molecule has 7 heteroatoms. The fraction of sp³-hybridized carbons (Fsp3) is 0.333. The van der Waals surface area contributed by atoms with Gasteiger partial charge in [-0.1, -0.05) is 42.0 Å². The van der Waals surface area contributed by atoms with Crippen molar-refractivity contribution in [2.75, 3.05) is 11.5 Å². The second-order valence-electron chi connectivity index (χ2n) is 9.30. The first-order valence-corrected chi connectivity index (χ1v) is 11.5. The van der Waals surface area contributed by atoms with Crippen molar-refractivity contribution < 1.29 is 23.9 Å². The van der Waals surface area contributed by atoms with Crippen LogP contribution in [0.2, 0.25) is 0 Å². The van der Waals surface area contributed by atoms with Gasteiger partial charge >= 0.3 is 5.97 Å². The number of anilines is 1. The standard InChI is InChI=1S/C27H26N2O5/c1-15-12-19-13-21(15)24-23(19)25(31)29(26(24)32)20-10-8-18(9-11-20)27(33)34-14-22(30)28-16(2)17-6-4-3-5-7-17/h3-12,16,19,21,23-24H,13-14H2,1-2H3,(H,28,30)/t16-,19+,21-,23+,24+/m1/s1. The zero-order valence-corrected chi connectivity index (χ0v) is 19.1. The molecule has 5 atom stereocenters. The molecule has 3 amide bonds. The van der Waals surface area contributed by atoms with E-state index in [9.17, 15) is 19.2 Å². The first-order valence-electron chi connectivity index (χ1n) is 11.5. The second-order valence-corrected chi connectivity index (χ2v) is 9.30. The van der Waals surface area contributed by atoms with E-state index in [-0.39, 0.29) is 47.1 Å². The Morgan fingerprint density at radius 1 is 1.03 bits per heavy atom. The Morgan fingerprint density at radius 3 is 2.41 bits per heavy atom. The van der Waals surface area contributed by atoms with Gasteiger partial charge in [-0.05, 0) is 61.9 Å². The van der Waals surface area contributed by atoms with Crippen molar-refractivity contribution in [3.05, 3.63) is 77.4 Å². The third kappa shape index (κ3) is 3.71. The van der Waals surface area contributed by atoms with Crippen LogP contribution < -0.4 is 10.2 Å². The van der Waals surface area contributed by atoms with Gasteiger partial charge in [-0.2, -0.15) is 0 Å². The van der Waals surface area contributed by atoms with Gasteiger partial charge in [0.25, 0.3) is 5.91 Å². The fourth-order valence-corrected chi connectivity index (χ4v) is 5.60. The van der Waals surface area contributed by atoms with Gasteiger partial charge in [-0.3, -0.25) is 19.3 Å². The van der Waals surface area contributed by atoms with Gasteiger partial charge in [0.2, 0.25) is 11.8 Å². The van der Waals surface area contributed by atoms with E-state index < -0.39 is 18.5 Å². The number of nitrogens with one attached hydrogen (secondary N) is 1. The Hall–Kier alpha value is -3.74. The topological polar surface area (TPSA) is 92.8 Å². The van der Waals surface area contributed by atoms with Crippen LogP contribution in [0.15, 0.2) is 66.2 Å². The van der Waals surface area contributed by atoms with Gasteiger partial charge in [0, 0.05) is 0 Å². The predicted octanol–water partition coefficient (Wildman–Crippen LogP) is 3.42. The molecule has 0 radical (unpaired) electrons. The number of hydrogen-bond donors (Lipinski definition) is 1. The lowest BCUT2D eigenvalue weighted by molar-refractivity contribution is -0.125. The zero-order chi connectivity index (χ0) is 24.0. The van der Waals surface area contributed by atoms with Crippen molar-refractivity contribution in [1.82, 2.24) is 5.32 Å². The van der Waals surface area contributed by atoms with Gasteiger partial charge in [0.15, 0.2) is 6.61 Å². The number of fused-ring (bicyclic) bond motifs is 5. The maximum Gasteiger partial charge on any atom is 0.338 e. The van der Waals surface area contributed by atoms with Gasteiger partial charge in [-0.15, -0.1) is 0 Å². The molecule has 2 bridgehead atoms. The molecule has 34 heavy (non-hydrogen) atoms. The molecule has 5 rings (SSSR count). The van der Waals surface area contributed by atoms with Crippen molar-refractivity contribution in [1.29, 1.82) is 0 Å². The van der Waals surface area contributed by atoms with E-state index in [2.05, 4.69) is 11.4 Å². The summed E-state index contributed by atoms with van der Waals surface area (Å²) in [5.41, 5.74) is 2.85. The second kappa shape index (κ2) is 8.56. The van der Waals surface area contributed by atoms with Crippen molar-refractivity contribution in [2.45, 2.75) is 26.3 Å². The van der Waals surface area contributed by atoms with Gasteiger partial charge < -0.3 is 10.1 Å². The molecular weight excluding hydrogens is 432 g/mol. The molecule has 1 saturated heterocycles. The molecule has 3 aliphatic rings. The highest BCUT2D eigenvalue weighted by Gasteiger charge is 2.60. The van der Waals surface area contributed by atoms with Crippen LogP contribution in [0.4, 0.5) is 5.69 Å². The molecule has 1 N–H and O–H groups in total. The quantitative estimate of drug-likeness (QED) is 0.407. The summed E-state index contributed by atoms with van der Waals surface area (Å²) < 4.78 is 5.14. The molecular formula is C27H26N2O5. The summed E-state index contributed by atoms with van der Waals surface area (Å²) in [6.07, 6.45) is 3.02. The number of benzene rings is 2. The van der Waals surface area contributed by atoms with Crippen LogP contribution in [-0.2, 0) is 19.1 Å². The molecule has 2 aromatic carbocycles.